The molecule has 2 aromatic rings. The van der Waals surface area contributed by atoms with Crippen molar-refractivity contribution in [2.24, 2.45) is 0 Å². The molecule has 0 saturated carbocycles. The summed E-state index contributed by atoms with van der Waals surface area (Å²) in [5, 5.41) is 2.02. The first kappa shape index (κ1) is 17.1. The van der Waals surface area contributed by atoms with E-state index in [1.165, 1.54) is 0 Å². The van der Waals surface area contributed by atoms with E-state index in [1.807, 2.05) is 5.38 Å². The van der Waals surface area contributed by atoms with Crippen molar-refractivity contribution in [1.29, 1.82) is 0 Å². The first-order valence-electron chi connectivity index (χ1n) is 7.66. The van der Waals surface area contributed by atoms with Crippen LogP contribution in [0.15, 0.2) is 23.2 Å². The molecule has 3 heterocycles. The number of hydrogen-bond donors (Lipinski definition) is 0. The first-order chi connectivity index (χ1) is 11.4. The Kier molecular flexibility index (Phi) is 5.00. The summed E-state index contributed by atoms with van der Waals surface area (Å²) in [6, 6.07) is 0.980. The third-order valence-electron chi connectivity index (χ3n) is 4.15. The Hall–Kier alpha value is -1.74. The number of alkyl halides is 3. The lowest BCUT2D eigenvalue weighted by molar-refractivity contribution is -0.141. The van der Waals surface area contributed by atoms with E-state index in [-0.39, 0.29) is 12.0 Å². The molecule has 3 rings (SSSR count). The number of likely N-dealkylation sites (tertiary alicyclic amines) is 1. The number of anilines is 1. The Morgan fingerprint density at radius 2 is 2.21 bits per heavy atom. The van der Waals surface area contributed by atoms with E-state index in [4.69, 9.17) is 0 Å². The average molecular weight is 357 g/mol. The maximum atomic E-state index is 12.8. The third kappa shape index (κ3) is 4.02. The summed E-state index contributed by atoms with van der Waals surface area (Å²) in [5.74, 6) is 0.116. The first-order valence-corrected chi connectivity index (χ1v) is 8.60. The normalized spacial score (nSPS) is 19.4. The summed E-state index contributed by atoms with van der Waals surface area (Å²) in [6.45, 7) is 2.48. The van der Waals surface area contributed by atoms with Crippen LogP contribution in [0.1, 0.15) is 24.2 Å². The highest BCUT2D eigenvalue weighted by molar-refractivity contribution is 7.07. The van der Waals surface area contributed by atoms with Gasteiger partial charge in [-0.3, -0.25) is 4.90 Å². The van der Waals surface area contributed by atoms with Crippen molar-refractivity contribution in [3.8, 4) is 0 Å². The molecule has 0 spiro atoms. The third-order valence-corrected chi connectivity index (χ3v) is 4.78. The summed E-state index contributed by atoms with van der Waals surface area (Å²) in [7, 11) is 1.76. The molecule has 1 aliphatic rings. The molecule has 0 radical (unpaired) electrons. The minimum Gasteiger partial charge on any atom is -0.340 e. The Bertz CT molecular complexity index is 661. The smallest absolute Gasteiger partial charge is 0.340 e. The van der Waals surface area contributed by atoms with Crippen molar-refractivity contribution >= 4 is 17.3 Å². The van der Waals surface area contributed by atoms with Gasteiger partial charge in [0, 0.05) is 37.8 Å². The van der Waals surface area contributed by atoms with Crippen LogP contribution in [0.3, 0.4) is 0 Å². The average Bonchev–Trinajstić information content (AvgIpc) is 3.07. The summed E-state index contributed by atoms with van der Waals surface area (Å²) in [6.07, 6.45) is -1.40. The van der Waals surface area contributed by atoms with Crippen LogP contribution >= 0.6 is 11.3 Å². The van der Waals surface area contributed by atoms with Crippen LogP contribution in [0.5, 0.6) is 0 Å². The predicted molar refractivity (Wildman–Crippen MR) is 85.9 cm³/mol. The van der Waals surface area contributed by atoms with E-state index in [1.54, 1.807) is 28.8 Å². The lowest BCUT2D eigenvalue weighted by Gasteiger charge is -2.37. The SMILES string of the molecule is CN(c1nccc(C(F)(F)F)n1)C1CCCN(Cc2cscn2)C1. The monoisotopic (exact) mass is 357 g/mol. The van der Waals surface area contributed by atoms with Gasteiger partial charge >= 0.3 is 6.18 Å². The van der Waals surface area contributed by atoms with Crippen LogP contribution in [0.4, 0.5) is 19.1 Å². The number of halogens is 3. The van der Waals surface area contributed by atoms with E-state index in [2.05, 4.69) is 19.9 Å². The molecule has 5 nitrogen and oxygen atoms in total. The second-order valence-corrected chi connectivity index (χ2v) is 6.58. The quantitative estimate of drug-likeness (QED) is 0.842. The maximum absolute atomic E-state index is 12.8. The number of aromatic nitrogens is 3. The second-order valence-electron chi connectivity index (χ2n) is 5.86. The molecule has 9 heteroatoms. The standard InChI is InChI=1S/C15H18F3N5S/c1-22(14-19-5-4-13(21-14)15(16,17)18)12-3-2-6-23(8-12)7-11-9-24-10-20-11/h4-5,9-10,12H,2-3,6-8H2,1H3. The highest BCUT2D eigenvalue weighted by Crippen LogP contribution is 2.28. The van der Waals surface area contributed by atoms with Gasteiger partial charge in [-0.05, 0) is 25.5 Å². The van der Waals surface area contributed by atoms with Crippen molar-refractivity contribution in [2.75, 3.05) is 25.0 Å². The van der Waals surface area contributed by atoms with Gasteiger partial charge in [-0.1, -0.05) is 0 Å². The lowest BCUT2D eigenvalue weighted by Crippen LogP contribution is -2.46. The number of piperidine rings is 1. The highest BCUT2D eigenvalue weighted by atomic mass is 32.1. The molecule has 0 aromatic carbocycles. The highest BCUT2D eigenvalue weighted by Gasteiger charge is 2.34. The Balaban J connectivity index is 1.69. The zero-order valence-electron chi connectivity index (χ0n) is 13.2. The van der Waals surface area contributed by atoms with Gasteiger partial charge in [0.1, 0.15) is 5.69 Å². The molecule has 1 aliphatic heterocycles. The minimum absolute atomic E-state index is 0.0841. The van der Waals surface area contributed by atoms with E-state index >= 15 is 0 Å². The van der Waals surface area contributed by atoms with E-state index in [0.717, 1.165) is 50.4 Å². The van der Waals surface area contributed by atoms with Crippen LogP contribution in [0.25, 0.3) is 0 Å². The maximum Gasteiger partial charge on any atom is 0.433 e. The summed E-state index contributed by atoms with van der Waals surface area (Å²) >= 11 is 1.56. The molecule has 1 fully saturated rings. The summed E-state index contributed by atoms with van der Waals surface area (Å²) in [5.41, 5.74) is 1.92. The number of nitrogens with zero attached hydrogens (tertiary/aromatic N) is 5. The number of thiazole rings is 1. The molecule has 2 aromatic heterocycles. The van der Waals surface area contributed by atoms with E-state index in [9.17, 15) is 13.2 Å². The molecular formula is C15H18F3N5S. The van der Waals surface area contributed by atoms with E-state index in [0.29, 0.717) is 0 Å². The fraction of sp³-hybridized carbons (Fsp3) is 0.533. The molecule has 1 unspecified atom stereocenters. The molecule has 0 aliphatic carbocycles. The summed E-state index contributed by atoms with van der Waals surface area (Å²) in [4.78, 5) is 16.0. The molecule has 0 N–H and O–H groups in total. The van der Waals surface area contributed by atoms with Gasteiger partial charge in [0.15, 0.2) is 0 Å². The van der Waals surface area contributed by atoms with Crippen molar-refractivity contribution in [3.63, 3.8) is 0 Å². The Morgan fingerprint density at radius 1 is 1.38 bits per heavy atom. The van der Waals surface area contributed by atoms with Gasteiger partial charge in [0.2, 0.25) is 5.95 Å². The zero-order valence-corrected chi connectivity index (χ0v) is 14.0. The molecule has 0 bridgehead atoms. The fourth-order valence-electron chi connectivity index (χ4n) is 2.88. The fourth-order valence-corrected chi connectivity index (χ4v) is 3.42. The molecular weight excluding hydrogens is 339 g/mol. The Morgan fingerprint density at radius 3 is 2.92 bits per heavy atom. The van der Waals surface area contributed by atoms with Crippen LogP contribution in [0, 0.1) is 0 Å². The van der Waals surface area contributed by atoms with Gasteiger partial charge in [-0.2, -0.15) is 13.2 Å². The number of rotatable bonds is 4. The van der Waals surface area contributed by atoms with Crippen LogP contribution in [0.2, 0.25) is 0 Å². The topological polar surface area (TPSA) is 45.2 Å². The van der Waals surface area contributed by atoms with Gasteiger partial charge in [-0.25, -0.2) is 15.0 Å². The Labute approximate surface area is 142 Å². The molecule has 0 amide bonds. The lowest BCUT2D eigenvalue weighted by atomic mass is 10.0. The van der Waals surface area contributed by atoms with Gasteiger partial charge < -0.3 is 4.90 Å². The van der Waals surface area contributed by atoms with Crippen molar-refractivity contribution in [1.82, 2.24) is 19.9 Å². The van der Waals surface area contributed by atoms with Crippen molar-refractivity contribution in [2.45, 2.75) is 31.6 Å². The molecule has 130 valence electrons. The summed E-state index contributed by atoms with van der Waals surface area (Å²) < 4.78 is 38.5. The van der Waals surface area contributed by atoms with Gasteiger partial charge in [0.25, 0.3) is 0 Å². The molecule has 24 heavy (non-hydrogen) atoms. The van der Waals surface area contributed by atoms with Gasteiger partial charge in [0.05, 0.1) is 11.2 Å². The van der Waals surface area contributed by atoms with Crippen molar-refractivity contribution in [3.05, 3.63) is 34.5 Å². The van der Waals surface area contributed by atoms with Crippen LogP contribution in [-0.2, 0) is 12.7 Å². The molecule has 1 saturated heterocycles. The predicted octanol–water partition coefficient (Wildman–Crippen LogP) is 3.05. The largest absolute Gasteiger partial charge is 0.433 e. The number of hydrogen-bond acceptors (Lipinski definition) is 6. The van der Waals surface area contributed by atoms with Crippen LogP contribution < -0.4 is 4.90 Å². The van der Waals surface area contributed by atoms with Crippen molar-refractivity contribution < 1.29 is 13.2 Å². The molecule has 1 atom stereocenters. The number of likely N-dealkylation sites (N-methyl/N-ethyl adjacent to an activating group) is 1. The van der Waals surface area contributed by atoms with Gasteiger partial charge in [-0.15, -0.1) is 11.3 Å². The minimum atomic E-state index is -4.46. The second kappa shape index (κ2) is 7.02. The zero-order chi connectivity index (χ0) is 17.2. The van der Waals surface area contributed by atoms with Crippen LogP contribution in [-0.4, -0.2) is 46.0 Å². The van der Waals surface area contributed by atoms with E-state index < -0.39 is 11.9 Å².